The third-order valence-electron chi connectivity index (χ3n) is 4.59. The van der Waals surface area contributed by atoms with E-state index in [4.69, 9.17) is 9.73 Å². The van der Waals surface area contributed by atoms with Crippen molar-refractivity contribution in [1.82, 2.24) is 20.9 Å². The van der Waals surface area contributed by atoms with Crippen molar-refractivity contribution in [3.05, 3.63) is 65.2 Å². The average Bonchev–Trinajstić information content (AvgIpc) is 2.77. The number of hydrogen-bond acceptors (Lipinski definition) is 4. The van der Waals surface area contributed by atoms with E-state index >= 15 is 0 Å². The molecule has 0 saturated carbocycles. The summed E-state index contributed by atoms with van der Waals surface area (Å²) in [6.07, 6.45) is 0.796. The molecule has 2 aromatic rings. The molecule has 0 radical (unpaired) electrons. The summed E-state index contributed by atoms with van der Waals surface area (Å²) in [5, 5.41) is 9.30. The maximum absolute atomic E-state index is 11.8. The number of carbonyl (C=O) groups excluding carboxylic acids is 1. The second-order valence-corrected chi connectivity index (χ2v) is 7.45. The topological polar surface area (TPSA) is 78.0 Å². The first-order chi connectivity index (χ1) is 15.0. The van der Waals surface area contributed by atoms with Crippen LogP contribution in [0.4, 0.5) is 0 Å². The van der Waals surface area contributed by atoms with E-state index in [1.807, 2.05) is 63.5 Å². The zero-order chi connectivity index (χ0) is 22.5. The summed E-state index contributed by atoms with van der Waals surface area (Å²) in [6.45, 7) is 5.64. The minimum atomic E-state index is -0.0716. The van der Waals surface area contributed by atoms with E-state index in [0.29, 0.717) is 18.7 Å². The average molecular weight is 553 g/mol. The van der Waals surface area contributed by atoms with E-state index in [-0.39, 0.29) is 29.9 Å². The second kappa shape index (κ2) is 15.5. The van der Waals surface area contributed by atoms with Crippen molar-refractivity contribution in [3.63, 3.8) is 0 Å². The Hall–Kier alpha value is -2.33. The molecule has 7 nitrogen and oxygen atoms in total. The molecule has 0 bridgehead atoms. The molecule has 2 aromatic carbocycles. The summed E-state index contributed by atoms with van der Waals surface area (Å²) in [7, 11) is 5.70. The number of hydrogen-bond donors (Lipinski definition) is 3. The van der Waals surface area contributed by atoms with E-state index < -0.39 is 0 Å². The van der Waals surface area contributed by atoms with Gasteiger partial charge in [-0.15, -0.1) is 24.0 Å². The Labute approximate surface area is 209 Å². The summed E-state index contributed by atoms with van der Waals surface area (Å²) in [5.74, 6) is 1.56. The molecule has 176 valence electrons. The lowest BCUT2D eigenvalue weighted by atomic mass is 10.1. The summed E-state index contributed by atoms with van der Waals surface area (Å²) in [4.78, 5) is 18.6. The van der Waals surface area contributed by atoms with Crippen LogP contribution in [-0.4, -0.2) is 64.2 Å². The number of rotatable bonds is 11. The first-order valence-corrected chi connectivity index (χ1v) is 10.7. The maximum Gasteiger partial charge on any atom is 0.251 e. The highest BCUT2D eigenvalue weighted by atomic mass is 127. The fourth-order valence-electron chi connectivity index (χ4n) is 2.93. The summed E-state index contributed by atoms with van der Waals surface area (Å²) < 4.78 is 5.81. The number of ether oxygens (including phenoxy) is 1. The van der Waals surface area contributed by atoms with Gasteiger partial charge < -0.3 is 25.6 Å². The molecular formula is C24H36IN5O2. The Bertz CT molecular complexity index is 858. The number of amides is 1. The minimum absolute atomic E-state index is 0. The molecular weight excluding hydrogens is 517 g/mol. The first-order valence-electron chi connectivity index (χ1n) is 10.7. The summed E-state index contributed by atoms with van der Waals surface area (Å²) in [5.41, 5.74) is 2.87. The monoisotopic (exact) mass is 553 g/mol. The van der Waals surface area contributed by atoms with Gasteiger partial charge in [0, 0.05) is 32.2 Å². The maximum atomic E-state index is 11.8. The number of halogens is 1. The van der Waals surface area contributed by atoms with Crippen LogP contribution in [0.5, 0.6) is 5.75 Å². The van der Waals surface area contributed by atoms with Gasteiger partial charge in [-0.3, -0.25) is 4.79 Å². The van der Waals surface area contributed by atoms with Crippen molar-refractivity contribution >= 4 is 35.8 Å². The van der Waals surface area contributed by atoms with Crippen LogP contribution in [-0.2, 0) is 13.0 Å². The van der Waals surface area contributed by atoms with Crippen LogP contribution in [0.15, 0.2) is 53.5 Å². The molecule has 2 rings (SSSR count). The molecule has 8 heteroatoms. The minimum Gasteiger partial charge on any atom is -0.492 e. The summed E-state index contributed by atoms with van der Waals surface area (Å²) in [6, 6.07) is 15.7. The van der Waals surface area contributed by atoms with Crippen molar-refractivity contribution in [1.29, 1.82) is 0 Å². The van der Waals surface area contributed by atoms with Gasteiger partial charge in [-0.1, -0.05) is 24.3 Å². The molecule has 3 N–H and O–H groups in total. The van der Waals surface area contributed by atoms with E-state index in [0.717, 1.165) is 48.9 Å². The number of benzene rings is 2. The third-order valence-corrected chi connectivity index (χ3v) is 4.59. The van der Waals surface area contributed by atoms with Crippen LogP contribution in [0.1, 0.15) is 28.4 Å². The Morgan fingerprint density at radius 3 is 2.53 bits per heavy atom. The van der Waals surface area contributed by atoms with Crippen LogP contribution >= 0.6 is 24.0 Å². The molecule has 0 spiro atoms. The third kappa shape index (κ3) is 10.3. The molecule has 0 aromatic heterocycles. The lowest BCUT2D eigenvalue weighted by Crippen LogP contribution is -2.38. The fourth-order valence-corrected chi connectivity index (χ4v) is 2.93. The highest BCUT2D eigenvalue weighted by molar-refractivity contribution is 14.0. The van der Waals surface area contributed by atoms with Gasteiger partial charge in [-0.25, -0.2) is 4.99 Å². The summed E-state index contributed by atoms with van der Waals surface area (Å²) >= 11 is 0. The number of nitrogens with one attached hydrogen (secondary N) is 3. The van der Waals surface area contributed by atoms with E-state index in [2.05, 4.69) is 26.9 Å². The number of guanidine groups is 1. The quantitative estimate of drug-likeness (QED) is 0.227. The highest BCUT2D eigenvalue weighted by Crippen LogP contribution is 2.14. The SMILES string of the molecule is CCNC(=NCc1cccc(OCCN(C)C)c1)NCCc1cccc(C(=O)NC)c1.I. The smallest absolute Gasteiger partial charge is 0.251 e. The fraction of sp³-hybridized carbons (Fsp3) is 0.417. The van der Waals surface area contributed by atoms with Crippen LogP contribution < -0.4 is 20.7 Å². The Balaban J connectivity index is 0.00000512. The van der Waals surface area contributed by atoms with Crippen molar-refractivity contribution < 1.29 is 9.53 Å². The van der Waals surface area contributed by atoms with Crippen LogP contribution in [0.25, 0.3) is 0 Å². The van der Waals surface area contributed by atoms with Gasteiger partial charge in [0.1, 0.15) is 12.4 Å². The van der Waals surface area contributed by atoms with Gasteiger partial charge in [0.25, 0.3) is 5.91 Å². The molecule has 0 saturated heterocycles. The van der Waals surface area contributed by atoms with E-state index in [1.165, 1.54) is 0 Å². The van der Waals surface area contributed by atoms with Gasteiger partial charge in [0.2, 0.25) is 0 Å². The van der Waals surface area contributed by atoms with Crippen molar-refractivity contribution in [3.8, 4) is 5.75 Å². The van der Waals surface area contributed by atoms with Gasteiger partial charge in [0.05, 0.1) is 6.54 Å². The molecule has 1 amide bonds. The zero-order valence-corrected chi connectivity index (χ0v) is 21.8. The molecule has 0 heterocycles. The molecule has 0 aliphatic carbocycles. The number of carbonyl (C=O) groups is 1. The normalized spacial score (nSPS) is 11.0. The molecule has 0 aliphatic rings. The van der Waals surface area contributed by atoms with Gasteiger partial charge >= 0.3 is 0 Å². The predicted molar refractivity (Wildman–Crippen MR) is 142 cm³/mol. The standard InChI is InChI=1S/C24H35N5O2.HI/c1-5-26-24(27-13-12-19-8-6-10-21(16-19)23(30)25-2)28-18-20-9-7-11-22(17-20)31-15-14-29(3)4;/h6-11,16-17H,5,12-15,18H2,1-4H3,(H,25,30)(H2,26,27,28);1H. The second-order valence-electron chi connectivity index (χ2n) is 7.45. The molecule has 0 fully saturated rings. The Morgan fingerprint density at radius 2 is 1.81 bits per heavy atom. The molecule has 0 atom stereocenters. The lowest BCUT2D eigenvalue weighted by molar-refractivity contribution is 0.0963. The van der Waals surface area contributed by atoms with Crippen LogP contribution in [0, 0.1) is 0 Å². The molecule has 32 heavy (non-hydrogen) atoms. The van der Waals surface area contributed by atoms with Crippen LogP contribution in [0.2, 0.25) is 0 Å². The zero-order valence-electron chi connectivity index (χ0n) is 19.5. The number of nitrogens with zero attached hydrogens (tertiary/aromatic N) is 2. The lowest BCUT2D eigenvalue weighted by Gasteiger charge is -2.13. The number of aliphatic imine (C=N–C) groups is 1. The Kier molecular flexibility index (Phi) is 13.4. The number of likely N-dealkylation sites (N-methyl/N-ethyl adjacent to an activating group) is 1. The van der Waals surface area contributed by atoms with Gasteiger partial charge in [-0.05, 0) is 62.8 Å². The predicted octanol–water partition coefficient (Wildman–Crippen LogP) is 2.90. The molecule has 0 aliphatic heterocycles. The Morgan fingerprint density at radius 1 is 1.06 bits per heavy atom. The van der Waals surface area contributed by atoms with Crippen molar-refractivity contribution in [2.24, 2.45) is 4.99 Å². The first kappa shape index (κ1) is 27.7. The van der Waals surface area contributed by atoms with Crippen molar-refractivity contribution in [2.75, 3.05) is 47.4 Å². The highest BCUT2D eigenvalue weighted by Gasteiger charge is 2.04. The van der Waals surface area contributed by atoms with Crippen LogP contribution in [0.3, 0.4) is 0 Å². The van der Waals surface area contributed by atoms with Crippen molar-refractivity contribution in [2.45, 2.75) is 19.9 Å². The van der Waals surface area contributed by atoms with E-state index in [9.17, 15) is 4.79 Å². The van der Waals surface area contributed by atoms with E-state index in [1.54, 1.807) is 7.05 Å². The largest absolute Gasteiger partial charge is 0.492 e. The van der Waals surface area contributed by atoms with Gasteiger partial charge in [-0.2, -0.15) is 0 Å². The van der Waals surface area contributed by atoms with Gasteiger partial charge in [0.15, 0.2) is 5.96 Å². The molecule has 0 unspecified atom stereocenters.